The minimum atomic E-state index is -0.180. The Kier molecular flexibility index (Phi) is 11.1. The molecule has 0 amide bonds. The van der Waals surface area contributed by atoms with Gasteiger partial charge in [0.25, 0.3) is 0 Å². The Balaban J connectivity index is 2.10. The largest absolute Gasteiger partial charge is 0.460 e. The molecule has 0 fully saturated rings. The molecule has 6 nitrogen and oxygen atoms in total. The minimum Gasteiger partial charge on any atom is -0.460 e. The van der Waals surface area contributed by atoms with Crippen LogP contribution >= 0.6 is 0 Å². The number of hydrogen-bond acceptors (Lipinski definition) is 6. The Morgan fingerprint density at radius 3 is 2.48 bits per heavy atom. The van der Waals surface area contributed by atoms with Crippen LogP contribution in [0.25, 0.3) is 0 Å². The topological polar surface area (TPSA) is 79.6 Å². The number of nitrogens with one attached hydrogen (secondary N) is 2. The summed E-state index contributed by atoms with van der Waals surface area (Å²) in [6.07, 6.45) is 0. The second-order valence-electron chi connectivity index (χ2n) is 5.30. The maximum Gasteiger partial charge on any atom is 0.320 e. The highest BCUT2D eigenvalue weighted by Crippen LogP contribution is 2.01. The Bertz CT molecular complexity index is 414. The fraction of sp³-hybridized carbons (Fsp3) is 0.588. The van der Waals surface area contributed by atoms with E-state index in [-0.39, 0.29) is 5.97 Å². The van der Waals surface area contributed by atoms with Crippen LogP contribution < -0.4 is 16.4 Å². The normalized spacial score (nSPS) is 10.9. The fourth-order valence-electron chi connectivity index (χ4n) is 2.08. The summed E-state index contributed by atoms with van der Waals surface area (Å²) in [5, 5.41) is 6.57. The number of ether oxygens (including phenoxy) is 1. The number of likely N-dealkylation sites (N-methyl/N-ethyl adjacent to an activating group) is 1. The molecular weight excluding hydrogens is 292 g/mol. The van der Waals surface area contributed by atoms with E-state index in [0.29, 0.717) is 19.7 Å². The zero-order valence-corrected chi connectivity index (χ0v) is 14.1. The van der Waals surface area contributed by atoms with Gasteiger partial charge in [0, 0.05) is 39.3 Å². The van der Waals surface area contributed by atoms with Crippen molar-refractivity contribution in [2.45, 2.75) is 13.5 Å². The zero-order valence-electron chi connectivity index (χ0n) is 14.1. The Labute approximate surface area is 139 Å². The average molecular weight is 322 g/mol. The molecule has 6 heteroatoms. The van der Waals surface area contributed by atoms with Crippen molar-refractivity contribution in [1.82, 2.24) is 15.5 Å². The predicted octanol–water partition coefficient (Wildman–Crippen LogP) is 0.190. The van der Waals surface area contributed by atoms with Crippen molar-refractivity contribution in [3.8, 4) is 0 Å². The fourth-order valence-corrected chi connectivity index (χ4v) is 2.08. The molecule has 0 aromatic heterocycles. The summed E-state index contributed by atoms with van der Waals surface area (Å²) in [7, 11) is 0. The number of carbonyl (C=O) groups is 1. The molecule has 0 aliphatic carbocycles. The van der Waals surface area contributed by atoms with Gasteiger partial charge in [-0.3, -0.25) is 9.69 Å². The Hall–Kier alpha value is -1.47. The molecule has 4 N–H and O–H groups in total. The first kappa shape index (κ1) is 19.6. The zero-order chi connectivity index (χ0) is 16.8. The van der Waals surface area contributed by atoms with Gasteiger partial charge in [0.05, 0.1) is 6.54 Å². The van der Waals surface area contributed by atoms with E-state index in [1.165, 1.54) is 0 Å². The molecule has 0 atom stereocenters. The first-order valence-corrected chi connectivity index (χ1v) is 8.29. The highest BCUT2D eigenvalue weighted by molar-refractivity contribution is 5.71. The van der Waals surface area contributed by atoms with Crippen LogP contribution in [0.2, 0.25) is 0 Å². The molecule has 0 saturated carbocycles. The van der Waals surface area contributed by atoms with Gasteiger partial charge in [0.2, 0.25) is 0 Å². The van der Waals surface area contributed by atoms with E-state index in [4.69, 9.17) is 10.5 Å². The molecule has 23 heavy (non-hydrogen) atoms. The summed E-state index contributed by atoms with van der Waals surface area (Å²) in [4.78, 5) is 14.0. The smallest absolute Gasteiger partial charge is 0.320 e. The molecule has 1 rings (SSSR count). The average Bonchev–Trinajstić information content (AvgIpc) is 2.59. The van der Waals surface area contributed by atoms with Crippen LogP contribution in [0.15, 0.2) is 30.3 Å². The monoisotopic (exact) mass is 322 g/mol. The third kappa shape index (κ3) is 10.0. The van der Waals surface area contributed by atoms with E-state index >= 15 is 0 Å². The second-order valence-corrected chi connectivity index (χ2v) is 5.30. The molecule has 0 radical (unpaired) electrons. The van der Waals surface area contributed by atoms with Crippen LogP contribution in [0.5, 0.6) is 0 Å². The molecule has 0 saturated heterocycles. The van der Waals surface area contributed by atoms with Crippen LogP contribution in [0, 0.1) is 0 Å². The number of esters is 1. The Morgan fingerprint density at radius 1 is 1.13 bits per heavy atom. The van der Waals surface area contributed by atoms with Crippen LogP contribution in [0.1, 0.15) is 12.5 Å². The van der Waals surface area contributed by atoms with E-state index in [0.717, 1.165) is 44.8 Å². The lowest BCUT2D eigenvalue weighted by Crippen LogP contribution is -2.38. The van der Waals surface area contributed by atoms with Gasteiger partial charge in [-0.2, -0.15) is 0 Å². The molecule has 130 valence electrons. The summed E-state index contributed by atoms with van der Waals surface area (Å²) in [6, 6.07) is 9.73. The van der Waals surface area contributed by atoms with Gasteiger partial charge >= 0.3 is 5.97 Å². The minimum absolute atomic E-state index is 0.180. The first-order chi connectivity index (χ1) is 11.3. The summed E-state index contributed by atoms with van der Waals surface area (Å²) in [5.41, 5.74) is 6.41. The highest BCUT2D eigenvalue weighted by atomic mass is 16.5. The van der Waals surface area contributed by atoms with Gasteiger partial charge in [-0.15, -0.1) is 0 Å². The number of rotatable bonds is 13. The maximum atomic E-state index is 11.9. The van der Waals surface area contributed by atoms with E-state index < -0.39 is 0 Å². The highest BCUT2D eigenvalue weighted by Gasteiger charge is 2.10. The standard InChI is InChI=1S/C17H30N4O2/c1-2-21(13-12-20-11-10-19-9-8-18)14-17(22)23-15-16-6-4-3-5-7-16/h3-7,19-20H,2,8-15,18H2,1H3. The lowest BCUT2D eigenvalue weighted by molar-refractivity contribution is -0.146. The van der Waals surface area contributed by atoms with Gasteiger partial charge < -0.3 is 21.1 Å². The van der Waals surface area contributed by atoms with E-state index in [1.807, 2.05) is 37.3 Å². The number of carbonyl (C=O) groups excluding carboxylic acids is 1. The summed E-state index contributed by atoms with van der Waals surface area (Å²) in [5.74, 6) is -0.180. The van der Waals surface area contributed by atoms with Crippen molar-refractivity contribution in [2.75, 3.05) is 52.4 Å². The van der Waals surface area contributed by atoms with Crippen molar-refractivity contribution in [1.29, 1.82) is 0 Å². The van der Waals surface area contributed by atoms with Crippen molar-refractivity contribution < 1.29 is 9.53 Å². The molecule has 0 spiro atoms. The summed E-state index contributed by atoms with van der Waals surface area (Å²) in [6.45, 7) is 8.53. The van der Waals surface area contributed by atoms with Crippen molar-refractivity contribution in [2.24, 2.45) is 5.73 Å². The quantitative estimate of drug-likeness (QED) is 0.355. The third-order valence-corrected chi connectivity index (χ3v) is 3.45. The first-order valence-electron chi connectivity index (χ1n) is 8.29. The molecular formula is C17H30N4O2. The van der Waals surface area contributed by atoms with Gasteiger partial charge in [-0.1, -0.05) is 37.3 Å². The predicted molar refractivity (Wildman–Crippen MR) is 93.1 cm³/mol. The van der Waals surface area contributed by atoms with Crippen LogP contribution in [0.4, 0.5) is 0 Å². The van der Waals surface area contributed by atoms with Crippen LogP contribution in [-0.4, -0.2) is 63.2 Å². The molecule has 1 aromatic rings. The van der Waals surface area contributed by atoms with Gasteiger partial charge in [0.15, 0.2) is 0 Å². The van der Waals surface area contributed by atoms with E-state index in [1.54, 1.807) is 0 Å². The van der Waals surface area contributed by atoms with E-state index in [2.05, 4.69) is 15.5 Å². The molecule has 0 unspecified atom stereocenters. The van der Waals surface area contributed by atoms with Crippen LogP contribution in [-0.2, 0) is 16.1 Å². The summed E-state index contributed by atoms with van der Waals surface area (Å²) < 4.78 is 5.31. The Morgan fingerprint density at radius 2 is 1.83 bits per heavy atom. The molecule has 0 bridgehead atoms. The number of nitrogens with zero attached hydrogens (tertiary/aromatic N) is 1. The van der Waals surface area contributed by atoms with Crippen molar-refractivity contribution >= 4 is 5.97 Å². The SMILES string of the molecule is CCN(CCNCCNCCN)CC(=O)OCc1ccccc1. The second kappa shape index (κ2) is 13.0. The number of nitrogens with two attached hydrogens (primary N) is 1. The number of hydrogen-bond donors (Lipinski definition) is 3. The van der Waals surface area contributed by atoms with Crippen molar-refractivity contribution in [3.05, 3.63) is 35.9 Å². The number of benzene rings is 1. The maximum absolute atomic E-state index is 11.9. The molecule has 0 aliphatic rings. The van der Waals surface area contributed by atoms with E-state index in [9.17, 15) is 4.79 Å². The van der Waals surface area contributed by atoms with Gasteiger partial charge in [0.1, 0.15) is 6.61 Å². The molecule has 0 heterocycles. The third-order valence-electron chi connectivity index (χ3n) is 3.45. The summed E-state index contributed by atoms with van der Waals surface area (Å²) >= 11 is 0. The van der Waals surface area contributed by atoms with Gasteiger partial charge in [-0.05, 0) is 12.1 Å². The lowest BCUT2D eigenvalue weighted by Gasteiger charge is -2.19. The lowest BCUT2D eigenvalue weighted by atomic mass is 10.2. The molecule has 1 aromatic carbocycles. The van der Waals surface area contributed by atoms with Crippen LogP contribution in [0.3, 0.4) is 0 Å². The van der Waals surface area contributed by atoms with Crippen molar-refractivity contribution in [3.63, 3.8) is 0 Å². The van der Waals surface area contributed by atoms with Gasteiger partial charge in [-0.25, -0.2) is 0 Å². The molecule has 0 aliphatic heterocycles.